The molecule has 6 heteroatoms. The van der Waals surface area contributed by atoms with Gasteiger partial charge >= 0.3 is 0 Å². The maximum atomic E-state index is 12.2. The maximum Gasteiger partial charge on any atom is 0.230 e. The van der Waals surface area contributed by atoms with E-state index in [1.807, 2.05) is 30.5 Å². The molecule has 2 N–H and O–H groups in total. The van der Waals surface area contributed by atoms with Gasteiger partial charge in [0.15, 0.2) is 0 Å². The molecule has 0 saturated heterocycles. The number of carbonyl (C=O) groups excluding carboxylic acids is 1. The van der Waals surface area contributed by atoms with Gasteiger partial charge in [-0.1, -0.05) is 24.1 Å². The summed E-state index contributed by atoms with van der Waals surface area (Å²) in [7, 11) is 0. The van der Waals surface area contributed by atoms with E-state index in [0.29, 0.717) is 22.6 Å². The Morgan fingerprint density at radius 1 is 1.30 bits per heavy atom. The van der Waals surface area contributed by atoms with Crippen LogP contribution in [0, 0.1) is 11.3 Å². The minimum absolute atomic E-state index is 0.119. The molecule has 114 valence electrons. The third kappa shape index (κ3) is 3.35. The van der Waals surface area contributed by atoms with Gasteiger partial charge in [-0.3, -0.25) is 9.79 Å². The molecular weight excluding hydrogens is 308 g/mol. The number of rotatable bonds is 3. The van der Waals surface area contributed by atoms with Gasteiger partial charge in [-0.15, -0.1) is 0 Å². The largest absolute Gasteiger partial charge is 0.330 e. The van der Waals surface area contributed by atoms with E-state index < -0.39 is 0 Å². The topological polar surface area (TPSA) is 77.3 Å². The molecule has 0 aromatic heterocycles. The van der Waals surface area contributed by atoms with Gasteiger partial charge in [0.1, 0.15) is 0 Å². The Morgan fingerprint density at radius 2 is 2.17 bits per heavy atom. The molecule has 3 rings (SSSR count). The van der Waals surface area contributed by atoms with Crippen LogP contribution in [-0.4, -0.2) is 17.9 Å². The number of aliphatic imine (C=N–C) groups is 1. The molecule has 0 radical (unpaired) electrons. The highest BCUT2D eigenvalue weighted by Crippen LogP contribution is 2.32. The molecule has 0 saturated carbocycles. The third-order valence-electron chi connectivity index (χ3n) is 3.40. The molecule has 0 atom stereocenters. The van der Waals surface area contributed by atoms with Crippen LogP contribution in [0.4, 0.5) is 17.1 Å². The molecule has 0 unspecified atom stereocenters. The Balaban J connectivity index is 2.04. The Kier molecular flexibility index (Phi) is 4.31. The summed E-state index contributed by atoms with van der Waals surface area (Å²) >= 11 is 1.48. The zero-order chi connectivity index (χ0) is 16.2. The van der Waals surface area contributed by atoms with Gasteiger partial charge < -0.3 is 10.0 Å². The minimum Gasteiger partial charge on any atom is -0.330 e. The van der Waals surface area contributed by atoms with Crippen LogP contribution in [0.2, 0.25) is 0 Å². The summed E-state index contributed by atoms with van der Waals surface area (Å²) in [5.41, 5.74) is 4.29. The fourth-order valence-corrected chi connectivity index (χ4v) is 2.74. The van der Waals surface area contributed by atoms with Gasteiger partial charge in [-0.05, 0) is 35.9 Å². The monoisotopic (exact) mass is 322 g/mol. The summed E-state index contributed by atoms with van der Waals surface area (Å²) in [6.07, 6.45) is 2.11. The van der Waals surface area contributed by atoms with Crippen molar-refractivity contribution in [1.29, 1.82) is 5.26 Å². The minimum atomic E-state index is -0.119. The van der Waals surface area contributed by atoms with E-state index in [1.165, 1.54) is 11.9 Å². The SMILES string of the molecule is CSNc1ccc2c(c1)NC(=O)CC(c1cccc(C#N)c1)=N2. The van der Waals surface area contributed by atoms with Crippen molar-refractivity contribution >= 4 is 40.6 Å². The lowest BCUT2D eigenvalue weighted by atomic mass is 10.0. The number of hydrogen-bond acceptors (Lipinski definition) is 5. The fraction of sp³-hybridized carbons (Fsp3) is 0.118. The van der Waals surface area contributed by atoms with E-state index in [-0.39, 0.29) is 12.3 Å². The molecular formula is C17H14N4OS. The molecule has 2 aromatic carbocycles. The average Bonchev–Trinajstić information content (AvgIpc) is 2.73. The first-order chi connectivity index (χ1) is 11.2. The van der Waals surface area contributed by atoms with Gasteiger partial charge in [0.25, 0.3) is 0 Å². The second-order valence-electron chi connectivity index (χ2n) is 5.01. The van der Waals surface area contributed by atoms with Gasteiger partial charge in [0, 0.05) is 11.9 Å². The normalized spacial score (nSPS) is 13.2. The molecule has 0 fully saturated rings. The number of fused-ring (bicyclic) bond motifs is 1. The van der Waals surface area contributed by atoms with Crippen LogP contribution in [0.5, 0.6) is 0 Å². The lowest BCUT2D eigenvalue weighted by Crippen LogP contribution is -2.15. The van der Waals surface area contributed by atoms with Crippen LogP contribution >= 0.6 is 11.9 Å². The lowest BCUT2D eigenvalue weighted by molar-refractivity contribution is -0.115. The van der Waals surface area contributed by atoms with E-state index in [0.717, 1.165) is 11.3 Å². The quantitative estimate of drug-likeness (QED) is 0.845. The first-order valence-electron chi connectivity index (χ1n) is 7.00. The van der Waals surface area contributed by atoms with E-state index in [4.69, 9.17) is 5.26 Å². The Hall–Kier alpha value is -2.78. The highest BCUT2D eigenvalue weighted by atomic mass is 32.2. The van der Waals surface area contributed by atoms with Crippen LogP contribution in [0.1, 0.15) is 17.5 Å². The van der Waals surface area contributed by atoms with E-state index in [9.17, 15) is 4.79 Å². The lowest BCUT2D eigenvalue weighted by Gasteiger charge is -2.08. The maximum absolute atomic E-state index is 12.2. The van der Waals surface area contributed by atoms with E-state index in [2.05, 4.69) is 21.1 Å². The smallest absolute Gasteiger partial charge is 0.230 e. The molecule has 0 aliphatic carbocycles. The number of amides is 1. The zero-order valence-corrected chi connectivity index (χ0v) is 13.3. The summed E-state index contributed by atoms with van der Waals surface area (Å²) in [5.74, 6) is -0.119. The molecule has 1 aliphatic heterocycles. The molecule has 1 heterocycles. The van der Waals surface area contributed by atoms with Gasteiger partial charge in [0.05, 0.1) is 35.1 Å². The average molecular weight is 322 g/mol. The first-order valence-corrected chi connectivity index (χ1v) is 8.23. The number of nitrogens with zero attached hydrogens (tertiary/aromatic N) is 2. The predicted molar refractivity (Wildman–Crippen MR) is 94.2 cm³/mol. The summed E-state index contributed by atoms with van der Waals surface area (Å²) < 4.78 is 3.13. The second-order valence-corrected chi connectivity index (χ2v) is 5.63. The summed E-state index contributed by atoms with van der Waals surface area (Å²) in [6.45, 7) is 0. The van der Waals surface area contributed by atoms with Crippen molar-refractivity contribution in [2.75, 3.05) is 16.3 Å². The summed E-state index contributed by atoms with van der Waals surface area (Å²) in [6, 6.07) is 14.9. The fourth-order valence-electron chi connectivity index (χ4n) is 2.38. The number of nitrogens with one attached hydrogen (secondary N) is 2. The van der Waals surface area contributed by atoms with Gasteiger partial charge in [-0.25, -0.2) is 0 Å². The molecule has 1 amide bonds. The molecule has 5 nitrogen and oxygen atoms in total. The number of carbonyl (C=O) groups is 1. The molecule has 0 bridgehead atoms. The molecule has 1 aliphatic rings. The highest BCUT2D eigenvalue weighted by Gasteiger charge is 2.17. The van der Waals surface area contributed by atoms with E-state index >= 15 is 0 Å². The number of anilines is 2. The van der Waals surface area contributed by atoms with Crippen molar-refractivity contribution in [3.8, 4) is 6.07 Å². The standard InChI is InChI=1S/C17H14N4OS/c1-23-21-13-5-6-14-16(8-13)20-17(22)9-15(19-14)12-4-2-3-11(7-12)10-18/h2-8,21H,9H2,1H3,(H,20,22). The van der Waals surface area contributed by atoms with Crippen molar-refractivity contribution in [3.63, 3.8) is 0 Å². The number of hydrogen-bond donors (Lipinski definition) is 2. The summed E-state index contributed by atoms with van der Waals surface area (Å²) in [5, 5.41) is 11.9. The van der Waals surface area contributed by atoms with Gasteiger partial charge in [0.2, 0.25) is 5.91 Å². The van der Waals surface area contributed by atoms with Crippen molar-refractivity contribution < 1.29 is 4.79 Å². The van der Waals surface area contributed by atoms with Crippen molar-refractivity contribution in [1.82, 2.24) is 0 Å². The number of benzene rings is 2. The highest BCUT2D eigenvalue weighted by molar-refractivity contribution is 7.99. The molecule has 0 spiro atoms. The second kappa shape index (κ2) is 6.55. The van der Waals surface area contributed by atoms with Crippen molar-refractivity contribution in [3.05, 3.63) is 53.6 Å². The van der Waals surface area contributed by atoms with E-state index in [1.54, 1.807) is 18.2 Å². The van der Waals surface area contributed by atoms with Crippen molar-refractivity contribution in [2.24, 2.45) is 4.99 Å². The van der Waals surface area contributed by atoms with Crippen LogP contribution < -0.4 is 10.0 Å². The first kappa shape index (κ1) is 15.1. The Labute approximate surface area is 138 Å². The van der Waals surface area contributed by atoms with Crippen LogP contribution in [0.25, 0.3) is 0 Å². The predicted octanol–water partition coefficient (Wildman–Crippen LogP) is 3.71. The van der Waals surface area contributed by atoms with Crippen molar-refractivity contribution in [2.45, 2.75) is 6.42 Å². The van der Waals surface area contributed by atoms with Gasteiger partial charge in [-0.2, -0.15) is 5.26 Å². The van der Waals surface area contributed by atoms with Crippen LogP contribution in [0.3, 0.4) is 0 Å². The third-order valence-corrected chi connectivity index (χ3v) is 3.84. The molecule has 23 heavy (non-hydrogen) atoms. The Morgan fingerprint density at radius 3 is 2.96 bits per heavy atom. The Bertz CT molecular complexity index is 839. The summed E-state index contributed by atoms with van der Waals surface area (Å²) in [4.78, 5) is 16.8. The van der Waals surface area contributed by atoms with Crippen LogP contribution in [-0.2, 0) is 4.79 Å². The van der Waals surface area contributed by atoms with Crippen LogP contribution in [0.15, 0.2) is 47.5 Å². The zero-order valence-electron chi connectivity index (χ0n) is 12.5. The number of nitriles is 1. The molecule has 2 aromatic rings.